The fourth-order valence-electron chi connectivity index (χ4n) is 1.34. The lowest BCUT2D eigenvalue weighted by Crippen LogP contribution is -2.15. The summed E-state index contributed by atoms with van der Waals surface area (Å²) in [4.78, 5) is 0. The van der Waals surface area contributed by atoms with Gasteiger partial charge in [0.15, 0.2) is 0 Å². The Bertz CT molecular complexity index is 289. The molecule has 2 nitrogen and oxygen atoms in total. The minimum absolute atomic E-state index is 0. The number of aliphatic hydroxyl groups is 1. The topological polar surface area (TPSA) is 46.2 Å². The van der Waals surface area contributed by atoms with Crippen molar-refractivity contribution in [3.63, 3.8) is 0 Å². The van der Waals surface area contributed by atoms with Crippen LogP contribution in [-0.2, 0) is 5.41 Å². The maximum Gasteiger partial charge on any atom is 0.0624 e. The van der Waals surface area contributed by atoms with Gasteiger partial charge in [-0.25, -0.2) is 0 Å². The monoisotopic (exact) mass is 229 g/mol. The number of hydrogen-bond donors (Lipinski definition) is 2. The van der Waals surface area contributed by atoms with Gasteiger partial charge in [-0.05, 0) is 16.5 Å². The van der Waals surface area contributed by atoms with Gasteiger partial charge in [0.05, 0.1) is 12.6 Å². The van der Waals surface area contributed by atoms with Crippen LogP contribution in [0.4, 0.5) is 0 Å². The van der Waals surface area contributed by atoms with Gasteiger partial charge in [-0.2, -0.15) is 0 Å². The van der Waals surface area contributed by atoms with E-state index < -0.39 is 0 Å². The lowest BCUT2D eigenvalue weighted by molar-refractivity contribution is 0.268. The van der Waals surface area contributed by atoms with Gasteiger partial charge in [-0.15, -0.1) is 12.4 Å². The predicted octanol–water partition coefficient (Wildman–Crippen LogP) is 2.40. The lowest BCUT2D eigenvalue weighted by Gasteiger charge is -2.19. The van der Waals surface area contributed by atoms with Gasteiger partial charge in [-0.3, -0.25) is 0 Å². The van der Waals surface area contributed by atoms with Gasteiger partial charge < -0.3 is 10.8 Å². The Balaban J connectivity index is 0.00000196. The van der Waals surface area contributed by atoms with Gasteiger partial charge >= 0.3 is 0 Å². The molecule has 86 valence electrons. The van der Waals surface area contributed by atoms with Crippen LogP contribution < -0.4 is 5.73 Å². The van der Waals surface area contributed by atoms with Gasteiger partial charge in [0.1, 0.15) is 0 Å². The van der Waals surface area contributed by atoms with E-state index in [9.17, 15) is 0 Å². The van der Waals surface area contributed by atoms with Crippen molar-refractivity contribution in [2.24, 2.45) is 5.73 Å². The smallest absolute Gasteiger partial charge is 0.0624 e. The summed E-state index contributed by atoms with van der Waals surface area (Å²) >= 11 is 0. The first-order chi connectivity index (χ1) is 6.45. The number of rotatable bonds is 2. The molecule has 1 aromatic carbocycles. The highest BCUT2D eigenvalue weighted by Gasteiger charge is 2.13. The number of aliphatic hydroxyl groups excluding tert-OH is 1. The molecule has 0 heterocycles. The van der Waals surface area contributed by atoms with Crippen molar-refractivity contribution >= 4 is 12.4 Å². The molecule has 15 heavy (non-hydrogen) atoms. The van der Waals surface area contributed by atoms with E-state index in [1.807, 2.05) is 12.1 Å². The first kappa shape index (κ1) is 14.4. The highest BCUT2D eigenvalue weighted by Crippen LogP contribution is 2.23. The van der Waals surface area contributed by atoms with Gasteiger partial charge in [0, 0.05) is 0 Å². The summed E-state index contributed by atoms with van der Waals surface area (Å²) in [6.07, 6.45) is 0. The largest absolute Gasteiger partial charge is 0.394 e. The standard InChI is InChI=1S/C12H19NO.ClH/c1-12(2,3)10-6-4-9(5-7-10)11(13)8-14;/h4-7,11,14H,8,13H2,1-3H3;1H. The fourth-order valence-corrected chi connectivity index (χ4v) is 1.34. The van der Waals surface area contributed by atoms with Crippen LogP contribution in [0, 0.1) is 0 Å². The molecule has 0 spiro atoms. The van der Waals surface area contributed by atoms with Gasteiger partial charge in [0.2, 0.25) is 0 Å². The second kappa shape index (κ2) is 5.50. The van der Waals surface area contributed by atoms with E-state index >= 15 is 0 Å². The summed E-state index contributed by atoms with van der Waals surface area (Å²) in [6, 6.07) is 7.86. The zero-order valence-electron chi connectivity index (χ0n) is 9.53. The van der Waals surface area contributed by atoms with E-state index in [1.165, 1.54) is 5.56 Å². The highest BCUT2D eigenvalue weighted by atomic mass is 35.5. The van der Waals surface area contributed by atoms with Crippen molar-refractivity contribution in [1.29, 1.82) is 0 Å². The minimum Gasteiger partial charge on any atom is -0.394 e. The molecular weight excluding hydrogens is 210 g/mol. The molecule has 0 amide bonds. The van der Waals surface area contributed by atoms with E-state index in [2.05, 4.69) is 32.9 Å². The number of nitrogens with two attached hydrogens (primary N) is 1. The Morgan fingerprint density at radius 2 is 1.67 bits per heavy atom. The summed E-state index contributed by atoms with van der Waals surface area (Å²) in [5.41, 5.74) is 8.14. The van der Waals surface area contributed by atoms with Crippen molar-refractivity contribution < 1.29 is 5.11 Å². The summed E-state index contributed by atoms with van der Waals surface area (Å²) < 4.78 is 0. The van der Waals surface area contributed by atoms with E-state index in [-0.39, 0.29) is 30.5 Å². The SMILES string of the molecule is CC(C)(C)c1ccc(C(N)CO)cc1.Cl. The maximum atomic E-state index is 8.89. The molecule has 1 atom stereocenters. The summed E-state index contributed by atoms with van der Waals surface area (Å²) in [6.45, 7) is 6.52. The number of hydrogen-bond acceptors (Lipinski definition) is 2. The molecule has 0 aliphatic rings. The second-order valence-corrected chi connectivity index (χ2v) is 4.66. The Hall–Kier alpha value is -0.570. The van der Waals surface area contributed by atoms with E-state index in [4.69, 9.17) is 10.8 Å². The maximum absolute atomic E-state index is 8.89. The second-order valence-electron chi connectivity index (χ2n) is 4.66. The lowest BCUT2D eigenvalue weighted by atomic mass is 9.86. The van der Waals surface area contributed by atoms with Crippen molar-refractivity contribution in [1.82, 2.24) is 0 Å². The van der Waals surface area contributed by atoms with Crippen LogP contribution in [0.25, 0.3) is 0 Å². The van der Waals surface area contributed by atoms with E-state index in [0.717, 1.165) is 5.56 Å². The molecule has 3 N–H and O–H groups in total. The zero-order valence-corrected chi connectivity index (χ0v) is 10.3. The van der Waals surface area contributed by atoms with Gasteiger partial charge in [0.25, 0.3) is 0 Å². The molecule has 3 heteroatoms. The third-order valence-electron chi connectivity index (χ3n) is 2.40. The normalized spacial score (nSPS) is 13.1. The van der Waals surface area contributed by atoms with Crippen LogP contribution in [0.15, 0.2) is 24.3 Å². The van der Waals surface area contributed by atoms with Crippen LogP contribution in [0.5, 0.6) is 0 Å². The molecule has 0 aromatic heterocycles. The summed E-state index contributed by atoms with van der Waals surface area (Å²) in [5, 5.41) is 8.89. The van der Waals surface area contributed by atoms with Gasteiger partial charge in [-0.1, -0.05) is 45.0 Å². The molecule has 0 aliphatic heterocycles. The van der Waals surface area contributed by atoms with Crippen molar-refractivity contribution in [2.45, 2.75) is 32.2 Å². The van der Waals surface area contributed by atoms with Crippen LogP contribution in [-0.4, -0.2) is 11.7 Å². The van der Waals surface area contributed by atoms with Crippen molar-refractivity contribution in [2.75, 3.05) is 6.61 Å². The Morgan fingerprint density at radius 3 is 2.00 bits per heavy atom. The van der Waals surface area contributed by atoms with E-state index in [1.54, 1.807) is 0 Å². The van der Waals surface area contributed by atoms with Crippen LogP contribution in [0.2, 0.25) is 0 Å². The Kier molecular flexibility index (Phi) is 5.29. The molecule has 1 unspecified atom stereocenters. The zero-order chi connectivity index (χ0) is 10.8. The number of halogens is 1. The van der Waals surface area contributed by atoms with Crippen LogP contribution in [0.3, 0.4) is 0 Å². The summed E-state index contributed by atoms with van der Waals surface area (Å²) in [5.74, 6) is 0. The summed E-state index contributed by atoms with van der Waals surface area (Å²) in [7, 11) is 0. The molecule has 0 saturated carbocycles. The van der Waals surface area contributed by atoms with Crippen LogP contribution >= 0.6 is 12.4 Å². The number of benzene rings is 1. The molecule has 0 bridgehead atoms. The van der Waals surface area contributed by atoms with Crippen molar-refractivity contribution in [3.05, 3.63) is 35.4 Å². The highest BCUT2D eigenvalue weighted by molar-refractivity contribution is 5.85. The average Bonchev–Trinajstić information content (AvgIpc) is 2.15. The quantitative estimate of drug-likeness (QED) is 0.818. The van der Waals surface area contributed by atoms with Crippen molar-refractivity contribution in [3.8, 4) is 0 Å². The molecule has 1 rings (SSSR count). The molecular formula is C12H20ClNO. The molecule has 0 radical (unpaired) electrons. The third kappa shape index (κ3) is 3.82. The third-order valence-corrected chi connectivity index (χ3v) is 2.40. The fraction of sp³-hybridized carbons (Fsp3) is 0.500. The average molecular weight is 230 g/mol. The molecule has 0 aliphatic carbocycles. The molecule has 0 saturated heterocycles. The van der Waals surface area contributed by atoms with Crippen LogP contribution in [0.1, 0.15) is 37.9 Å². The Morgan fingerprint density at radius 1 is 1.20 bits per heavy atom. The first-order valence-corrected chi connectivity index (χ1v) is 4.92. The molecule has 1 aromatic rings. The Labute approximate surface area is 97.9 Å². The molecule has 0 fully saturated rings. The predicted molar refractivity (Wildman–Crippen MR) is 66.4 cm³/mol. The minimum atomic E-state index is -0.260. The first-order valence-electron chi connectivity index (χ1n) is 4.92. The van der Waals surface area contributed by atoms with E-state index in [0.29, 0.717) is 0 Å².